The highest BCUT2D eigenvalue weighted by Gasteiger charge is 2.13. The zero-order valence-corrected chi connectivity index (χ0v) is 7.86. The lowest BCUT2D eigenvalue weighted by atomic mass is 10.5. The molecule has 0 bridgehead atoms. The van der Waals surface area contributed by atoms with Crippen LogP contribution in [-0.4, -0.2) is 23.5 Å². The molecule has 1 heterocycles. The highest BCUT2D eigenvalue weighted by atomic mass is 16.5. The van der Waals surface area contributed by atoms with E-state index in [-0.39, 0.29) is 24.2 Å². The Morgan fingerprint density at radius 2 is 2.36 bits per heavy atom. The van der Waals surface area contributed by atoms with Crippen LogP contribution in [0, 0.1) is 0 Å². The topological polar surface area (TPSA) is 81.4 Å². The quantitative estimate of drug-likeness (QED) is 0.727. The summed E-state index contributed by atoms with van der Waals surface area (Å²) < 4.78 is 9.47. The molecule has 0 aliphatic rings. The van der Waals surface area contributed by atoms with Crippen molar-refractivity contribution in [2.45, 2.75) is 13.8 Å². The molecule has 1 aromatic heterocycles. The molecule has 0 saturated carbocycles. The number of nitrogens with one attached hydrogen (secondary N) is 1. The minimum Gasteiger partial charge on any atom is -0.461 e. The van der Waals surface area contributed by atoms with Crippen LogP contribution in [0.4, 0.5) is 6.01 Å². The molecule has 0 radical (unpaired) electrons. The third-order valence-electron chi connectivity index (χ3n) is 1.27. The second-order valence-electron chi connectivity index (χ2n) is 2.44. The van der Waals surface area contributed by atoms with Crippen LogP contribution in [-0.2, 0) is 9.53 Å². The highest BCUT2D eigenvalue weighted by Crippen LogP contribution is 2.08. The van der Waals surface area contributed by atoms with E-state index in [0.717, 1.165) is 6.26 Å². The van der Waals surface area contributed by atoms with Gasteiger partial charge in [-0.05, 0) is 6.92 Å². The number of ether oxygens (including phenoxy) is 1. The summed E-state index contributed by atoms with van der Waals surface area (Å²) >= 11 is 0. The maximum Gasteiger partial charge on any atom is 0.360 e. The van der Waals surface area contributed by atoms with Crippen LogP contribution in [0.5, 0.6) is 0 Å². The number of carbonyl (C=O) groups excluding carboxylic acids is 2. The molecule has 0 spiro atoms. The van der Waals surface area contributed by atoms with Gasteiger partial charge < -0.3 is 9.15 Å². The van der Waals surface area contributed by atoms with Gasteiger partial charge in [0.2, 0.25) is 5.91 Å². The monoisotopic (exact) mass is 198 g/mol. The summed E-state index contributed by atoms with van der Waals surface area (Å²) in [5, 5.41) is 2.30. The number of oxazole rings is 1. The molecular formula is C8H10N2O4. The number of amides is 1. The van der Waals surface area contributed by atoms with Crippen LogP contribution in [0.25, 0.3) is 0 Å². The Labute approximate surface area is 80.3 Å². The predicted molar refractivity (Wildman–Crippen MR) is 46.8 cm³/mol. The van der Waals surface area contributed by atoms with E-state index >= 15 is 0 Å². The lowest BCUT2D eigenvalue weighted by Gasteiger charge is -1.95. The molecular weight excluding hydrogens is 188 g/mol. The number of rotatable bonds is 3. The van der Waals surface area contributed by atoms with Gasteiger partial charge in [0.25, 0.3) is 0 Å². The van der Waals surface area contributed by atoms with Gasteiger partial charge in [0.05, 0.1) is 6.61 Å². The summed E-state index contributed by atoms with van der Waals surface area (Å²) in [7, 11) is 0. The fourth-order valence-corrected chi connectivity index (χ4v) is 0.781. The highest BCUT2D eigenvalue weighted by molar-refractivity contribution is 5.89. The number of esters is 1. The molecule has 0 atom stereocenters. The van der Waals surface area contributed by atoms with E-state index in [1.54, 1.807) is 6.92 Å². The number of hydrogen-bond acceptors (Lipinski definition) is 5. The lowest BCUT2D eigenvalue weighted by molar-refractivity contribution is -0.114. The maximum atomic E-state index is 11.1. The van der Waals surface area contributed by atoms with Crippen LogP contribution in [0.3, 0.4) is 0 Å². The van der Waals surface area contributed by atoms with Crippen molar-refractivity contribution in [3.63, 3.8) is 0 Å². The van der Waals surface area contributed by atoms with Gasteiger partial charge in [-0.25, -0.2) is 4.79 Å². The second kappa shape index (κ2) is 4.40. The zero-order valence-electron chi connectivity index (χ0n) is 7.86. The molecule has 6 nitrogen and oxygen atoms in total. The number of carbonyl (C=O) groups is 2. The number of nitrogens with zero attached hydrogens (tertiary/aromatic N) is 1. The minimum atomic E-state index is -0.576. The average molecular weight is 198 g/mol. The molecule has 0 aromatic carbocycles. The van der Waals surface area contributed by atoms with Crippen molar-refractivity contribution in [1.82, 2.24) is 4.98 Å². The van der Waals surface area contributed by atoms with Gasteiger partial charge in [-0.2, -0.15) is 4.98 Å². The van der Waals surface area contributed by atoms with Gasteiger partial charge in [0, 0.05) is 6.92 Å². The molecule has 14 heavy (non-hydrogen) atoms. The van der Waals surface area contributed by atoms with Crippen molar-refractivity contribution in [2.24, 2.45) is 0 Å². The molecule has 0 aliphatic heterocycles. The van der Waals surface area contributed by atoms with Crippen LogP contribution >= 0.6 is 0 Å². The fourth-order valence-electron chi connectivity index (χ4n) is 0.781. The Hall–Kier alpha value is -1.85. The first-order valence-corrected chi connectivity index (χ1v) is 4.03. The third-order valence-corrected chi connectivity index (χ3v) is 1.27. The minimum absolute atomic E-state index is 0.0134. The summed E-state index contributed by atoms with van der Waals surface area (Å²) in [5.74, 6) is -0.893. The summed E-state index contributed by atoms with van der Waals surface area (Å²) in [5.41, 5.74) is 0.0376. The summed E-state index contributed by atoms with van der Waals surface area (Å²) in [4.78, 5) is 25.4. The van der Waals surface area contributed by atoms with Crippen LogP contribution < -0.4 is 5.32 Å². The maximum absolute atomic E-state index is 11.1. The molecule has 0 aliphatic carbocycles. The van der Waals surface area contributed by atoms with E-state index in [0.29, 0.717) is 0 Å². The van der Waals surface area contributed by atoms with Crippen molar-refractivity contribution in [3.05, 3.63) is 12.0 Å². The fraction of sp³-hybridized carbons (Fsp3) is 0.375. The van der Waals surface area contributed by atoms with Gasteiger partial charge in [-0.15, -0.1) is 0 Å². The van der Waals surface area contributed by atoms with Gasteiger partial charge in [0.15, 0.2) is 5.69 Å². The van der Waals surface area contributed by atoms with Gasteiger partial charge in [-0.1, -0.05) is 0 Å². The Morgan fingerprint density at radius 1 is 1.64 bits per heavy atom. The van der Waals surface area contributed by atoms with Crippen molar-refractivity contribution in [3.8, 4) is 0 Å². The SMILES string of the molecule is CCOC(=O)c1coc(NC(C)=O)n1. The Morgan fingerprint density at radius 3 is 2.93 bits per heavy atom. The first-order chi connectivity index (χ1) is 6.63. The van der Waals surface area contributed by atoms with E-state index in [2.05, 4.69) is 15.0 Å². The van der Waals surface area contributed by atoms with Gasteiger partial charge in [-0.3, -0.25) is 10.1 Å². The average Bonchev–Trinajstić information content (AvgIpc) is 2.52. The van der Waals surface area contributed by atoms with Gasteiger partial charge in [0.1, 0.15) is 6.26 Å². The van der Waals surface area contributed by atoms with E-state index < -0.39 is 5.97 Å². The smallest absolute Gasteiger partial charge is 0.360 e. The number of anilines is 1. The summed E-state index contributed by atoms with van der Waals surface area (Å²) in [6.07, 6.45) is 1.13. The van der Waals surface area contributed by atoms with Crippen molar-refractivity contribution in [2.75, 3.05) is 11.9 Å². The molecule has 1 amide bonds. The van der Waals surface area contributed by atoms with Crippen LogP contribution in [0.15, 0.2) is 10.7 Å². The van der Waals surface area contributed by atoms with Crippen LogP contribution in [0.1, 0.15) is 24.3 Å². The molecule has 6 heteroatoms. The van der Waals surface area contributed by atoms with Crippen molar-refractivity contribution in [1.29, 1.82) is 0 Å². The van der Waals surface area contributed by atoms with Crippen molar-refractivity contribution >= 4 is 17.9 Å². The lowest BCUT2D eigenvalue weighted by Crippen LogP contribution is -2.08. The number of aromatic nitrogens is 1. The van der Waals surface area contributed by atoms with Crippen molar-refractivity contribution < 1.29 is 18.7 Å². The Balaban J connectivity index is 2.67. The first kappa shape index (κ1) is 10.2. The second-order valence-corrected chi connectivity index (χ2v) is 2.44. The molecule has 0 fully saturated rings. The third kappa shape index (κ3) is 2.58. The Bertz CT molecular complexity index is 345. The molecule has 0 saturated heterocycles. The summed E-state index contributed by atoms with van der Waals surface area (Å²) in [6, 6.07) is -0.0134. The summed E-state index contributed by atoms with van der Waals surface area (Å²) in [6.45, 7) is 3.27. The van der Waals surface area contributed by atoms with E-state index in [9.17, 15) is 9.59 Å². The molecule has 1 N–H and O–H groups in total. The molecule has 1 rings (SSSR count). The van der Waals surface area contributed by atoms with E-state index in [4.69, 9.17) is 4.42 Å². The van der Waals surface area contributed by atoms with Gasteiger partial charge >= 0.3 is 12.0 Å². The molecule has 76 valence electrons. The standard InChI is InChI=1S/C8H10N2O4/c1-3-13-7(12)6-4-14-8(10-6)9-5(2)11/h4H,3H2,1-2H3,(H,9,10,11). The predicted octanol–water partition coefficient (Wildman–Crippen LogP) is 0.810. The van der Waals surface area contributed by atoms with E-state index in [1.807, 2.05) is 0 Å². The number of hydrogen-bond donors (Lipinski definition) is 1. The van der Waals surface area contributed by atoms with Crippen LogP contribution in [0.2, 0.25) is 0 Å². The largest absolute Gasteiger partial charge is 0.461 e. The molecule has 0 unspecified atom stereocenters. The van der Waals surface area contributed by atoms with E-state index in [1.165, 1.54) is 6.92 Å². The zero-order chi connectivity index (χ0) is 10.6. The molecule has 1 aromatic rings. The first-order valence-electron chi connectivity index (χ1n) is 4.03. The normalized spacial score (nSPS) is 9.57. The Kier molecular flexibility index (Phi) is 3.22.